The van der Waals surface area contributed by atoms with Gasteiger partial charge in [-0.05, 0) is 13.0 Å². The first-order valence-electron chi connectivity index (χ1n) is 4.27. The van der Waals surface area contributed by atoms with Gasteiger partial charge in [0.1, 0.15) is 0 Å². The summed E-state index contributed by atoms with van der Waals surface area (Å²) in [4.78, 5) is 17.7. The van der Waals surface area contributed by atoms with Gasteiger partial charge in [0.05, 0.1) is 0 Å². The molecule has 1 unspecified atom stereocenters. The van der Waals surface area contributed by atoms with Crippen LogP contribution in [-0.4, -0.2) is 28.3 Å². The van der Waals surface area contributed by atoms with Crippen molar-refractivity contribution in [3.63, 3.8) is 0 Å². The van der Waals surface area contributed by atoms with E-state index in [2.05, 4.69) is 15.3 Å². The number of hydrogen-bond acceptors (Lipinski definition) is 4. The lowest BCUT2D eigenvalue weighted by molar-refractivity contribution is 0.857. The van der Waals surface area contributed by atoms with Crippen LogP contribution in [0.25, 0.3) is 0 Å². The Hall–Kier alpha value is -0.810. The third kappa shape index (κ3) is 2.32. The van der Waals surface area contributed by atoms with Crippen LogP contribution in [0.2, 0.25) is 0 Å². The maximum Gasteiger partial charge on any atom is 0.251 e. The van der Waals surface area contributed by atoms with Crippen molar-refractivity contribution in [3.05, 3.63) is 22.6 Å². The highest BCUT2D eigenvalue weighted by molar-refractivity contribution is 7.99. The number of thioether (sulfide) groups is 1. The van der Waals surface area contributed by atoms with E-state index in [0.717, 1.165) is 24.7 Å². The molecule has 1 saturated heterocycles. The van der Waals surface area contributed by atoms with Gasteiger partial charge in [0, 0.05) is 24.1 Å². The normalized spacial score (nSPS) is 22.0. The molecule has 0 aliphatic carbocycles. The minimum Gasteiger partial charge on any atom is -0.316 e. The summed E-state index contributed by atoms with van der Waals surface area (Å²) >= 11 is 1.64. The highest BCUT2D eigenvalue weighted by atomic mass is 32.2. The SMILES string of the molecule is O=c1ccnc(SC2CCNC2)[nH]1. The number of aromatic nitrogens is 2. The van der Waals surface area contributed by atoms with Crippen LogP contribution >= 0.6 is 11.8 Å². The lowest BCUT2D eigenvalue weighted by Gasteiger charge is -2.05. The molecule has 0 aromatic carbocycles. The van der Waals surface area contributed by atoms with Gasteiger partial charge in [-0.2, -0.15) is 0 Å². The molecule has 2 N–H and O–H groups in total. The smallest absolute Gasteiger partial charge is 0.251 e. The zero-order valence-electron chi connectivity index (χ0n) is 7.12. The van der Waals surface area contributed by atoms with Gasteiger partial charge in [-0.1, -0.05) is 11.8 Å². The minimum atomic E-state index is -0.0801. The number of aromatic amines is 1. The first kappa shape index (κ1) is 8.77. The van der Waals surface area contributed by atoms with Crippen LogP contribution in [0.3, 0.4) is 0 Å². The maximum atomic E-state index is 10.9. The summed E-state index contributed by atoms with van der Waals surface area (Å²) in [6, 6.07) is 1.43. The van der Waals surface area contributed by atoms with Crippen molar-refractivity contribution in [2.45, 2.75) is 16.8 Å². The van der Waals surface area contributed by atoms with Crippen molar-refractivity contribution in [2.75, 3.05) is 13.1 Å². The van der Waals surface area contributed by atoms with E-state index >= 15 is 0 Å². The number of nitrogens with one attached hydrogen (secondary N) is 2. The van der Waals surface area contributed by atoms with Crippen LogP contribution in [0.5, 0.6) is 0 Å². The van der Waals surface area contributed by atoms with Gasteiger partial charge in [-0.25, -0.2) is 4.98 Å². The fourth-order valence-corrected chi connectivity index (χ4v) is 2.33. The average Bonchev–Trinajstić information content (AvgIpc) is 2.57. The molecule has 0 bridgehead atoms. The summed E-state index contributed by atoms with van der Waals surface area (Å²) in [7, 11) is 0. The molecule has 1 aromatic rings. The van der Waals surface area contributed by atoms with Crippen molar-refractivity contribution in [1.82, 2.24) is 15.3 Å². The van der Waals surface area contributed by atoms with E-state index < -0.39 is 0 Å². The Morgan fingerprint density at radius 3 is 3.23 bits per heavy atom. The first-order valence-corrected chi connectivity index (χ1v) is 5.15. The molecule has 1 aromatic heterocycles. The molecule has 1 aliphatic heterocycles. The topological polar surface area (TPSA) is 57.8 Å². The van der Waals surface area contributed by atoms with Crippen LogP contribution in [0.4, 0.5) is 0 Å². The van der Waals surface area contributed by atoms with E-state index in [4.69, 9.17) is 0 Å². The summed E-state index contributed by atoms with van der Waals surface area (Å²) in [5.41, 5.74) is -0.0801. The summed E-state index contributed by atoms with van der Waals surface area (Å²) < 4.78 is 0. The number of H-pyrrole nitrogens is 1. The molecule has 2 heterocycles. The molecular weight excluding hydrogens is 186 g/mol. The van der Waals surface area contributed by atoms with Gasteiger partial charge in [0.2, 0.25) is 0 Å². The van der Waals surface area contributed by atoms with E-state index in [0.29, 0.717) is 5.25 Å². The molecule has 1 aliphatic rings. The highest BCUT2D eigenvalue weighted by Gasteiger charge is 2.16. The molecule has 1 fully saturated rings. The predicted octanol–water partition coefficient (Wildman–Crippen LogP) is 0.224. The van der Waals surface area contributed by atoms with Gasteiger partial charge >= 0.3 is 0 Å². The molecule has 4 nitrogen and oxygen atoms in total. The average molecular weight is 197 g/mol. The van der Waals surface area contributed by atoms with E-state index in [1.54, 1.807) is 18.0 Å². The zero-order valence-corrected chi connectivity index (χ0v) is 7.93. The molecule has 13 heavy (non-hydrogen) atoms. The second kappa shape index (κ2) is 3.93. The van der Waals surface area contributed by atoms with Crippen LogP contribution in [0.15, 0.2) is 22.2 Å². The fraction of sp³-hybridized carbons (Fsp3) is 0.500. The number of rotatable bonds is 2. The monoisotopic (exact) mass is 197 g/mol. The van der Waals surface area contributed by atoms with Crippen molar-refractivity contribution >= 4 is 11.8 Å². The number of hydrogen-bond donors (Lipinski definition) is 2. The van der Waals surface area contributed by atoms with Gasteiger partial charge < -0.3 is 10.3 Å². The Kier molecular flexibility index (Phi) is 2.65. The predicted molar refractivity (Wildman–Crippen MR) is 52.0 cm³/mol. The van der Waals surface area contributed by atoms with Gasteiger partial charge in [0.25, 0.3) is 5.56 Å². The molecule has 1 atom stereocenters. The van der Waals surface area contributed by atoms with E-state index in [1.165, 1.54) is 6.07 Å². The van der Waals surface area contributed by atoms with Crippen molar-refractivity contribution in [1.29, 1.82) is 0 Å². The van der Waals surface area contributed by atoms with Crippen LogP contribution in [-0.2, 0) is 0 Å². The van der Waals surface area contributed by atoms with Crippen molar-refractivity contribution in [3.8, 4) is 0 Å². The molecule has 0 amide bonds. The molecule has 0 radical (unpaired) electrons. The molecular formula is C8H11N3OS. The van der Waals surface area contributed by atoms with Crippen LogP contribution in [0.1, 0.15) is 6.42 Å². The maximum absolute atomic E-state index is 10.9. The number of nitrogens with zero attached hydrogens (tertiary/aromatic N) is 1. The standard InChI is InChI=1S/C8H11N3OS/c12-7-2-4-10-8(11-7)13-6-1-3-9-5-6/h2,4,6,9H,1,3,5H2,(H,10,11,12). The lowest BCUT2D eigenvalue weighted by Crippen LogP contribution is -2.12. The Bertz CT molecular complexity index is 332. The van der Waals surface area contributed by atoms with Gasteiger partial charge in [0.15, 0.2) is 5.16 Å². The Morgan fingerprint density at radius 1 is 1.62 bits per heavy atom. The van der Waals surface area contributed by atoms with Crippen LogP contribution < -0.4 is 10.9 Å². The minimum absolute atomic E-state index is 0.0801. The van der Waals surface area contributed by atoms with E-state index in [-0.39, 0.29) is 5.56 Å². The first-order chi connectivity index (χ1) is 6.34. The Labute approximate surface area is 80.2 Å². The molecule has 0 saturated carbocycles. The Morgan fingerprint density at radius 2 is 2.54 bits per heavy atom. The summed E-state index contributed by atoms with van der Waals surface area (Å²) in [6.07, 6.45) is 2.69. The quantitative estimate of drug-likeness (QED) is 0.666. The third-order valence-electron chi connectivity index (χ3n) is 1.94. The third-order valence-corrected chi connectivity index (χ3v) is 3.11. The summed E-state index contributed by atoms with van der Waals surface area (Å²) in [6.45, 7) is 2.07. The largest absolute Gasteiger partial charge is 0.316 e. The molecule has 2 rings (SSSR count). The second-order valence-electron chi connectivity index (χ2n) is 2.97. The fourth-order valence-electron chi connectivity index (χ4n) is 1.30. The molecule has 70 valence electrons. The van der Waals surface area contributed by atoms with E-state index in [1.807, 2.05) is 0 Å². The second-order valence-corrected chi connectivity index (χ2v) is 4.26. The molecule has 5 heteroatoms. The zero-order chi connectivity index (χ0) is 9.10. The Balaban J connectivity index is 2.04. The van der Waals surface area contributed by atoms with Gasteiger partial charge in [-0.3, -0.25) is 4.79 Å². The summed E-state index contributed by atoms with van der Waals surface area (Å²) in [5, 5.41) is 4.54. The van der Waals surface area contributed by atoms with Crippen LogP contribution in [0, 0.1) is 0 Å². The van der Waals surface area contributed by atoms with Crippen molar-refractivity contribution < 1.29 is 0 Å². The lowest BCUT2D eigenvalue weighted by atomic mass is 10.4. The highest BCUT2D eigenvalue weighted by Crippen LogP contribution is 2.22. The van der Waals surface area contributed by atoms with Crippen molar-refractivity contribution in [2.24, 2.45) is 0 Å². The van der Waals surface area contributed by atoms with Gasteiger partial charge in [-0.15, -0.1) is 0 Å². The molecule has 0 spiro atoms. The van der Waals surface area contributed by atoms with E-state index in [9.17, 15) is 4.79 Å². The summed E-state index contributed by atoms with van der Waals surface area (Å²) in [5.74, 6) is 0.